The van der Waals surface area contributed by atoms with E-state index in [9.17, 15) is 19.7 Å². The van der Waals surface area contributed by atoms with Crippen LogP contribution in [-0.2, 0) is 0 Å². The van der Waals surface area contributed by atoms with Crippen LogP contribution in [0, 0.1) is 10.1 Å². The van der Waals surface area contributed by atoms with Crippen LogP contribution < -0.4 is 10.6 Å². The highest BCUT2D eigenvalue weighted by Crippen LogP contribution is 2.29. The summed E-state index contributed by atoms with van der Waals surface area (Å²) in [7, 11) is 0. The molecule has 4 aromatic rings. The Hall–Kier alpha value is -4.05. The van der Waals surface area contributed by atoms with Gasteiger partial charge in [-0.1, -0.05) is 17.4 Å². The molecule has 29 heavy (non-hydrogen) atoms. The summed E-state index contributed by atoms with van der Waals surface area (Å²) >= 11 is 1.27. The number of carbonyl (C=O) groups is 2. The minimum atomic E-state index is -0.552. The standard InChI is InChI=1S/C19H13N5O4S/c25-17(11-3-1-4-13(9-11)24(27)28)21-12-6-7-14-16(10-12)29-19(22-14)23-18(26)15-5-2-8-20-15/h1-10,20H,(H,21,25)(H,22,23,26). The lowest BCUT2D eigenvalue weighted by molar-refractivity contribution is -0.384. The molecule has 2 aromatic heterocycles. The molecule has 3 N–H and O–H groups in total. The molecule has 2 aromatic carbocycles. The number of rotatable bonds is 5. The third-order valence-corrected chi connectivity index (χ3v) is 4.96. The maximum Gasteiger partial charge on any atom is 0.273 e. The molecule has 0 saturated carbocycles. The summed E-state index contributed by atoms with van der Waals surface area (Å²) in [5, 5.41) is 16.7. The van der Waals surface area contributed by atoms with Gasteiger partial charge in [0, 0.05) is 29.6 Å². The Morgan fingerprint density at radius 1 is 1.03 bits per heavy atom. The zero-order chi connectivity index (χ0) is 20.4. The fraction of sp³-hybridized carbons (Fsp3) is 0. The monoisotopic (exact) mass is 407 g/mol. The Bertz CT molecular complexity index is 1230. The highest BCUT2D eigenvalue weighted by atomic mass is 32.1. The van der Waals surface area contributed by atoms with Gasteiger partial charge in [-0.25, -0.2) is 4.98 Å². The summed E-state index contributed by atoms with van der Waals surface area (Å²) < 4.78 is 0.767. The van der Waals surface area contributed by atoms with Crippen LogP contribution in [-0.4, -0.2) is 26.7 Å². The fourth-order valence-electron chi connectivity index (χ4n) is 2.66. The Kier molecular flexibility index (Phi) is 4.75. The van der Waals surface area contributed by atoms with Crippen LogP contribution in [0.4, 0.5) is 16.5 Å². The van der Waals surface area contributed by atoms with Crippen molar-refractivity contribution in [1.82, 2.24) is 9.97 Å². The number of H-pyrrole nitrogens is 1. The summed E-state index contributed by atoms with van der Waals surface area (Å²) in [4.78, 5) is 42.0. The number of carbonyl (C=O) groups excluding carboxylic acids is 2. The lowest BCUT2D eigenvalue weighted by atomic mass is 10.2. The van der Waals surface area contributed by atoms with Gasteiger partial charge < -0.3 is 10.3 Å². The van der Waals surface area contributed by atoms with Crippen LogP contribution in [0.5, 0.6) is 0 Å². The predicted molar refractivity (Wildman–Crippen MR) is 109 cm³/mol. The second-order valence-electron chi connectivity index (χ2n) is 6.00. The molecule has 0 radical (unpaired) electrons. The number of nitrogens with one attached hydrogen (secondary N) is 3. The van der Waals surface area contributed by atoms with E-state index in [2.05, 4.69) is 20.6 Å². The maximum atomic E-state index is 12.4. The molecule has 4 rings (SSSR count). The van der Waals surface area contributed by atoms with Crippen molar-refractivity contribution < 1.29 is 14.5 Å². The third kappa shape index (κ3) is 3.96. The van der Waals surface area contributed by atoms with E-state index in [1.807, 2.05) is 0 Å². The number of fused-ring (bicyclic) bond motifs is 1. The van der Waals surface area contributed by atoms with Crippen molar-refractivity contribution >= 4 is 49.9 Å². The first-order valence-electron chi connectivity index (χ1n) is 8.41. The molecule has 0 spiro atoms. The number of thiazole rings is 1. The smallest absolute Gasteiger partial charge is 0.273 e. The van der Waals surface area contributed by atoms with Crippen LogP contribution in [0.15, 0.2) is 60.8 Å². The van der Waals surface area contributed by atoms with E-state index in [0.29, 0.717) is 22.0 Å². The zero-order valence-corrected chi connectivity index (χ0v) is 15.5. The summed E-state index contributed by atoms with van der Waals surface area (Å²) in [6.07, 6.45) is 1.66. The first kappa shape index (κ1) is 18.3. The number of nitro groups is 1. The van der Waals surface area contributed by atoms with Gasteiger partial charge in [0.25, 0.3) is 17.5 Å². The van der Waals surface area contributed by atoms with Crippen LogP contribution in [0.2, 0.25) is 0 Å². The van der Waals surface area contributed by atoms with Crippen molar-refractivity contribution in [2.45, 2.75) is 0 Å². The van der Waals surface area contributed by atoms with Gasteiger partial charge in [0.1, 0.15) is 5.69 Å². The van der Waals surface area contributed by atoms with Gasteiger partial charge in [0.05, 0.1) is 15.1 Å². The first-order chi connectivity index (χ1) is 14.0. The SMILES string of the molecule is O=C(Nc1ccc2nc(NC(=O)c3ccc[nH]3)sc2c1)c1cccc([N+](=O)[O-])c1. The van der Waals surface area contributed by atoms with Gasteiger partial charge in [-0.3, -0.25) is 25.0 Å². The minimum Gasteiger partial charge on any atom is -0.357 e. The number of nitro benzene ring substituents is 1. The molecule has 0 saturated heterocycles. The molecule has 0 atom stereocenters. The second-order valence-corrected chi connectivity index (χ2v) is 7.03. The second kappa shape index (κ2) is 7.52. The van der Waals surface area contributed by atoms with E-state index >= 15 is 0 Å². The lowest BCUT2D eigenvalue weighted by Gasteiger charge is -2.05. The Labute approximate surface area is 167 Å². The number of nitrogens with zero attached hydrogens (tertiary/aromatic N) is 2. The molecule has 9 nitrogen and oxygen atoms in total. The molecular weight excluding hydrogens is 394 g/mol. The average Bonchev–Trinajstić information content (AvgIpc) is 3.37. The Morgan fingerprint density at radius 3 is 2.66 bits per heavy atom. The van der Waals surface area contributed by atoms with E-state index in [0.717, 1.165) is 4.70 Å². The van der Waals surface area contributed by atoms with E-state index in [1.54, 1.807) is 36.5 Å². The number of anilines is 2. The number of hydrogen-bond acceptors (Lipinski definition) is 6. The normalized spacial score (nSPS) is 10.6. The van der Waals surface area contributed by atoms with Gasteiger partial charge in [-0.2, -0.15) is 0 Å². The van der Waals surface area contributed by atoms with Crippen molar-refractivity contribution in [2.75, 3.05) is 10.6 Å². The Balaban J connectivity index is 1.51. The van der Waals surface area contributed by atoms with Crippen LogP contribution in [0.25, 0.3) is 10.2 Å². The topological polar surface area (TPSA) is 130 Å². The predicted octanol–water partition coefficient (Wildman–Crippen LogP) is 4.04. The molecule has 144 valence electrons. The minimum absolute atomic E-state index is 0.155. The molecule has 0 unspecified atom stereocenters. The van der Waals surface area contributed by atoms with Crippen molar-refractivity contribution in [3.63, 3.8) is 0 Å². The highest BCUT2D eigenvalue weighted by molar-refractivity contribution is 7.22. The van der Waals surface area contributed by atoms with E-state index in [-0.39, 0.29) is 17.2 Å². The number of aromatic nitrogens is 2. The molecule has 0 bridgehead atoms. The van der Waals surface area contributed by atoms with Crippen LogP contribution in [0.3, 0.4) is 0 Å². The molecule has 0 fully saturated rings. The molecule has 2 amide bonds. The lowest BCUT2D eigenvalue weighted by Crippen LogP contribution is -2.11. The number of non-ortho nitro benzene ring substituents is 1. The van der Waals surface area contributed by atoms with Gasteiger partial charge in [0.15, 0.2) is 5.13 Å². The summed E-state index contributed by atoms with van der Waals surface area (Å²) in [5.74, 6) is -0.758. The highest BCUT2D eigenvalue weighted by Gasteiger charge is 2.14. The van der Waals surface area contributed by atoms with Crippen molar-refractivity contribution in [3.8, 4) is 0 Å². The third-order valence-electron chi connectivity index (χ3n) is 4.03. The van der Waals surface area contributed by atoms with E-state index in [1.165, 1.54) is 35.6 Å². The summed E-state index contributed by atoms with van der Waals surface area (Å²) in [6, 6.07) is 14.0. The van der Waals surface area contributed by atoms with Gasteiger partial charge in [0.2, 0.25) is 0 Å². The molecule has 0 aliphatic rings. The van der Waals surface area contributed by atoms with Crippen molar-refractivity contribution in [1.29, 1.82) is 0 Å². The van der Waals surface area contributed by atoms with Gasteiger partial charge >= 0.3 is 0 Å². The molecule has 10 heteroatoms. The molecule has 0 aliphatic carbocycles. The molecule has 0 aliphatic heterocycles. The zero-order valence-electron chi connectivity index (χ0n) is 14.7. The number of aromatic amines is 1. The van der Waals surface area contributed by atoms with Gasteiger partial charge in [-0.05, 0) is 36.4 Å². The van der Waals surface area contributed by atoms with Crippen molar-refractivity contribution in [3.05, 3.63) is 82.2 Å². The fourth-order valence-corrected chi connectivity index (χ4v) is 3.56. The molecule has 2 heterocycles. The largest absolute Gasteiger partial charge is 0.357 e. The summed E-state index contributed by atoms with van der Waals surface area (Å²) in [6.45, 7) is 0. The maximum absolute atomic E-state index is 12.4. The van der Waals surface area contributed by atoms with E-state index in [4.69, 9.17) is 0 Å². The quantitative estimate of drug-likeness (QED) is 0.340. The van der Waals surface area contributed by atoms with Crippen molar-refractivity contribution in [2.24, 2.45) is 0 Å². The van der Waals surface area contributed by atoms with E-state index < -0.39 is 10.8 Å². The number of amides is 2. The number of hydrogen-bond donors (Lipinski definition) is 3. The first-order valence-corrected chi connectivity index (χ1v) is 9.22. The van der Waals surface area contributed by atoms with Gasteiger partial charge in [-0.15, -0.1) is 0 Å². The van der Waals surface area contributed by atoms with Crippen LogP contribution >= 0.6 is 11.3 Å². The molecular formula is C19H13N5O4S. The summed E-state index contributed by atoms with van der Waals surface area (Å²) in [5.41, 5.74) is 1.64. The average molecular weight is 407 g/mol. The Morgan fingerprint density at radius 2 is 1.90 bits per heavy atom. The number of benzene rings is 2. The van der Waals surface area contributed by atoms with Crippen LogP contribution in [0.1, 0.15) is 20.8 Å².